The third kappa shape index (κ3) is 18.5. The third-order valence-electron chi connectivity index (χ3n) is 11.1. The number of ether oxygens (including phenoxy) is 12. The molecule has 0 amide bonds. The first kappa shape index (κ1) is 57.5. The van der Waals surface area contributed by atoms with Crippen molar-refractivity contribution in [3.63, 3.8) is 0 Å². The van der Waals surface area contributed by atoms with Gasteiger partial charge in [0.1, 0.15) is 61.1 Å². The molecule has 0 aliphatic carbocycles. The molecule has 17 heteroatoms. The van der Waals surface area contributed by atoms with Gasteiger partial charge in [-0.25, -0.2) is 4.79 Å². The number of carbonyl (C=O) groups is 1. The molecule has 0 aliphatic heterocycles. The first-order valence-electron chi connectivity index (χ1n) is 24.5. The van der Waals surface area contributed by atoms with E-state index in [9.17, 15) is 15.2 Å². The van der Waals surface area contributed by atoms with Crippen LogP contribution in [0.3, 0.4) is 0 Å². The van der Waals surface area contributed by atoms with Crippen LogP contribution in [0.25, 0.3) is 38.8 Å². The Morgan fingerprint density at radius 3 is 1.23 bits per heavy atom. The summed E-state index contributed by atoms with van der Waals surface area (Å²) in [7, 11) is 6.55. The average molecular weight is 1050 g/mol. The Labute approximate surface area is 443 Å². The summed E-state index contributed by atoms with van der Waals surface area (Å²) in [6, 6.07) is 41.8. The number of benzene rings is 5. The molecule has 0 bridgehead atoms. The Morgan fingerprint density at radius 1 is 0.480 bits per heavy atom. The Balaban J connectivity index is 1.31. The van der Waals surface area contributed by atoms with Crippen LogP contribution in [0.2, 0.25) is 0 Å². The number of aliphatic carboxylic acids is 1. The second-order valence-corrected chi connectivity index (χ2v) is 17.4. The van der Waals surface area contributed by atoms with Gasteiger partial charge >= 0.3 is 5.97 Å². The summed E-state index contributed by atoms with van der Waals surface area (Å²) < 4.78 is 67.7. The summed E-state index contributed by atoms with van der Waals surface area (Å²) in [6.07, 6.45) is 1.39. The van der Waals surface area contributed by atoms with Gasteiger partial charge in [-0.05, 0) is 95.6 Å². The predicted molar refractivity (Wildman–Crippen MR) is 289 cm³/mol. The van der Waals surface area contributed by atoms with Crippen LogP contribution < -0.4 is 23.8 Å². The van der Waals surface area contributed by atoms with Gasteiger partial charge in [-0.1, -0.05) is 36.4 Å². The number of anilines is 3. The number of hydrogen-bond donors (Lipinski definition) is 1. The minimum absolute atomic E-state index is 0.324. The van der Waals surface area contributed by atoms with E-state index < -0.39 is 5.97 Å². The molecule has 16 nitrogen and oxygen atoms in total. The number of hydrogen-bond acceptors (Lipinski definition) is 16. The summed E-state index contributed by atoms with van der Waals surface area (Å²) in [5, 5.41) is 18.7. The van der Waals surface area contributed by atoms with Gasteiger partial charge < -0.3 is 66.8 Å². The Kier molecular flexibility index (Phi) is 24.9. The van der Waals surface area contributed by atoms with E-state index in [0.717, 1.165) is 49.8 Å². The molecule has 0 aliphatic rings. The van der Waals surface area contributed by atoms with E-state index in [1.807, 2.05) is 72.8 Å². The molecule has 0 saturated carbocycles. The molecule has 1 heterocycles. The normalized spacial score (nSPS) is 11.3. The highest BCUT2D eigenvalue weighted by atomic mass is 32.1. The molecule has 0 radical (unpaired) electrons. The van der Waals surface area contributed by atoms with E-state index in [2.05, 4.69) is 53.4 Å². The lowest BCUT2D eigenvalue weighted by Gasteiger charge is -2.26. The third-order valence-corrected chi connectivity index (χ3v) is 12.2. The fourth-order valence-electron chi connectivity index (χ4n) is 7.41. The SMILES string of the molecule is COCCOCCOc1ccc(-c2ccc(N(c3ccc(-c4ccc(/C=C(\C#N)C(=O)O)s4)cc3)c3ccc(-c4ccc(OCCOCCOC)cc4OCCOCCOC)cc3)cc2)c(OCCOCCOC)c1. The van der Waals surface area contributed by atoms with Crippen molar-refractivity contribution in [1.82, 2.24) is 0 Å². The molecule has 1 N–H and O–H groups in total. The van der Waals surface area contributed by atoms with E-state index in [1.54, 1.807) is 34.5 Å². The summed E-state index contributed by atoms with van der Waals surface area (Å²) in [5.74, 6) is 1.32. The number of methoxy groups -OCH3 is 4. The van der Waals surface area contributed by atoms with E-state index in [4.69, 9.17) is 56.8 Å². The highest BCUT2D eigenvalue weighted by Gasteiger charge is 2.18. The van der Waals surface area contributed by atoms with Crippen molar-refractivity contribution in [1.29, 1.82) is 5.26 Å². The molecule has 0 atom stereocenters. The Morgan fingerprint density at radius 2 is 0.853 bits per heavy atom. The lowest BCUT2D eigenvalue weighted by molar-refractivity contribution is -0.132. The zero-order valence-electron chi connectivity index (χ0n) is 43.0. The molecule has 75 heavy (non-hydrogen) atoms. The average Bonchev–Trinajstić information content (AvgIpc) is 3.91. The minimum atomic E-state index is -1.27. The van der Waals surface area contributed by atoms with E-state index in [1.165, 1.54) is 17.4 Å². The largest absolute Gasteiger partial charge is 0.491 e. The fraction of sp³-hybridized carbons (Fsp3) is 0.345. The van der Waals surface area contributed by atoms with E-state index >= 15 is 0 Å². The lowest BCUT2D eigenvalue weighted by atomic mass is 10.0. The predicted octanol–water partition coefficient (Wildman–Crippen LogP) is 10.4. The fourth-order valence-corrected chi connectivity index (χ4v) is 8.36. The molecule has 0 unspecified atom stereocenters. The molecule has 6 rings (SSSR count). The van der Waals surface area contributed by atoms with Crippen molar-refractivity contribution >= 4 is 40.4 Å². The van der Waals surface area contributed by atoms with Crippen LogP contribution in [0.15, 0.2) is 127 Å². The topological polar surface area (TPSA) is 175 Å². The second kappa shape index (κ2) is 32.5. The number of thiophene rings is 1. The molecule has 6 aromatic rings. The van der Waals surface area contributed by atoms with Crippen molar-refractivity contribution in [3.05, 3.63) is 132 Å². The van der Waals surface area contributed by atoms with Crippen LogP contribution in [0, 0.1) is 11.3 Å². The number of nitriles is 1. The zero-order chi connectivity index (χ0) is 52.9. The second-order valence-electron chi connectivity index (χ2n) is 16.3. The maximum atomic E-state index is 11.5. The van der Waals surface area contributed by atoms with Crippen LogP contribution in [-0.4, -0.2) is 145 Å². The smallest absolute Gasteiger partial charge is 0.346 e. The van der Waals surface area contributed by atoms with E-state index in [-0.39, 0.29) is 5.57 Å². The highest BCUT2D eigenvalue weighted by Crippen LogP contribution is 2.41. The van der Waals surface area contributed by atoms with Crippen molar-refractivity contribution in [3.8, 4) is 61.8 Å². The van der Waals surface area contributed by atoms with Crippen molar-refractivity contribution in [2.75, 3.05) is 139 Å². The zero-order valence-corrected chi connectivity index (χ0v) is 43.8. The van der Waals surface area contributed by atoms with Crippen LogP contribution in [0.1, 0.15) is 4.88 Å². The molecule has 5 aromatic carbocycles. The molecular weight excluding hydrogens is 981 g/mol. The molecule has 0 saturated heterocycles. The van der Waals surface area contributed by atoms with Crippen LogP contribution in [0.4, 0.5) is 17.1 Å². The lowest BCUT2D eigenvalue weighted by Crippen LogP contribution is -2.11. The van der Waals surface area contributed by atoms with Gasteiger partial charge in [0.2, 0.25) is 0 Å². The van der Waals surface area contributed by atoms with E-state index in [0.29, 0.717) is 134 Å². The molecular formula is C58H66N2O14S. The van der Waals surface area contributed by atoms with Crippen molar-refractivity contribution in [2.24, 2.45) is 0 Å². The molecule has 0 spiro atoms. The van der Waals surface area contributed by atoms with Gasteiger partial charge in [0.25, 0.3) is 0 Å². The van der Waals surface area contributed by atoms with Crippen LogP contribution in [-0.2, 0) is 42.7 Å². The maximum absolute atomic E-state index is 11.5. The van der Waals surface area contributed by atoms with Gasteiger partial charge in [-0.2, -0.15) is 5.26 Å². The molecule has 0 fully saturated rings. The first-order valence-corrected chi connectivity index (χ1v) is 25.3. The standard InChI is InChI=1S/C58H66N2O14S/c1-63-23-27-67-31-35-71-50-17-20-53(55(40-50)73-37-33-69-29-25-65-3)43-5-11-47(12-6-43)60(49-15-9-45(10-16-49)57-22-19-52(75-57)39-46(42-59)58(61)62)48-13-7-44(8-14-48)54-21-18-51(72-36-32-68-28-24-64-2)41-56(54)74-38-34-70-30-26-66-4/h5-22,39-41H,23-38H2,1-4H3,(H,61,62)/b46-39+. The Hall–Kier alpha value is -6.82. The maximum Gasteiger partial charge on any atom is 0.346 e. The molecule has 398 valence electrons. The summed E-state index contributed by atoms with van der Waals surface area (Å²) in [6.45, 7) is 6.89. The van der Waals surface area contributed by atoms with Crippen LogP contribution >= 0.6 is 11.3 Å². The number of rotatable bonds is 36. The summed E-state index contributed by atoms with van der Waals surface area (Å²) in [4.78, 5) is 15.3. The summed E-state index contributed by atoms with van der Waals surface area (Å²) in [5.41, 5.74) is 6.92. The van der Waals surface area contributed by atoms with Gasteiger partial charge in [-0.3, -0.25) is 0 Å². The molecule has 1 aromatic heterocycles. The number of carboxylic acid groups (broad SMARTS) is 1. The van der Waals surface area contributed by atoms with Gasteiger partial charge in [0, 0.05) is 78.5 Å². The monoisotopic (exact) mass is 1050 g/mol. The van der Waals surface area contributed by atoms with Gasteiger partial charge in [-0.15, -0.1) is 11.3 Å². The number of nitrogens with zero attached hydrogens (tertiary/aromatic N) is 2. The van der Waals surface area contributed by atoms with Gasteiger partial charge in [0.05, 0.1) is 79.3 Å². The quantitative estimate of drug-likeness (QED) is 0.0223. The Bertz CT molecular complexity index is 2560. The van der Waals surface area contributed by atoms with Crippen molar-refractivity contribution in [2.45, 2.75) is 0 Å². The minimum Gasteiger partial charge on any atom is -0.491 e. The highest BCUT2D eigenvalue weighted by molar-refractivity contribution is 7.16. The summed E-state index contributed by atoms with van der Waals surface area (Å²) >= 11 is 1.41. The van der Waals surface area contributed by atoms with Gasteiger partial charge in [0.15, 0.2) is 0 Å². The number of carboxylic acids is 1. The van der Waals surface area contributed by atoms with Crippen LogP contribution in [0.5, 0.6) is 23.0 Å². The van der Waals surface area contributed by atoms with Crippen molar-refractivity contribution < 1.29 is 66.7 Å². The first-order chi connectivity index (χ1) is 36.8.